The summed E-state index contributed by atoms with van der Waals surface area (Å²) in [6.45, 7) is 3.95. The second-order valence-electron chi connectivity index (χ2n) is 5.94. The summed E-state index contributed by atoms with van der Waals surface area (Å²) >= 11 is 3.45. The molecule has 0 heterocycles. The Morgan fingerprint density at radius 1 is 1.04 bits per heavy atom. The van der Waals surface area contributed by atoms with Gasteiger partial charge in [0.05, 0.1) is 0 Å². The van der Waals surface area contributed by atoms with E-state index in [2.05, 4.69) is 48.6 Å². The number of halogens is 2. The van der Waals surface area contributed by atoms with Crippen LogP contribution in [0.3, 0.4) is 0 Å². The quantitative estimate of drug-likeness (QED) is 0.328. The molecule has 146 valence electrons. The zero-order chi connectivity index (χ0) is 18.9. The standard InChI is InChI=1S/C20H25BrN4O.HI/c1-4-23-19(26)17-9-5-15(6-10-17)13-24-20(22-2)25(3)14-16-7-11-18(21)12-8-16;/h5-12H,4,13-14H2,1-3H3,(H,22,24)(H,23,26);1H. The van der Waals surface area contributed by atoms with Gasteiger partial charge in [-0.25, -0.2) is 0 Å². The number of amides is 1. The maximum absolute atomic E-state index is 11.8. The van der Waals surface area contributed by atoms with Crippen LogP contribution in [0.25, 0.3) is 0 Å². The predicted octanol–water partition coefficient (Wildman–Crippen LogP) is 4.02. The van der Waals surface area contributed by atoms with Crippen molar-refractivity contribution in [2.75, 3.05) is 20.6 Å². The molecular weight excluding hydrogens is 519 g/mol. The Balaban J connectivity index is 0.00000364. The number of benzene rings is 2. The Bertz CT molecular complexity index is 748. The van der Waals surface area contributed by atoms with Crippen molar-refractivity contribution in [1.82, 2.24) is 15.5 Å². The van der Waals surface area contributed by atoms with Crippen LogP contribution < -0.4 is 10.6 Å². The second kappa shape index (κ2) is 12.0. The summed E-state index contributed by atoms with van der Waals surface area (Å²) < 4.78 is 1.07. The number of nitrogens with zero attached hydrogens (tertiary/aromatic N) is 2. The summed E-state index contributed by atoms with van der Waals surface area (Å²) in [7, 11) is 3.79. The minimum Gasteiger partial charge on any atom is -0.352 e. The number of nitrogens with one attached hydrogen (secondary N) is 2. The van der Waals surface area contributed by atoms with Gasteiger partial charge in [0.1, 0.15) is 0 Å². The molecule has 0 atom stereocenters. The van der Waals surface area contributed by atoms with Crippen LogP contribution in [0.15, 0.2) is 58.0 Å². The fraction of sp³-hybridized carbons (Fsp3) is 0.300. The molecule has 0 aliphatic carbocycles. The average Bonchev–Trinajstić information content (AvgIpc) is 2.65. The predicted molar refractivity (Wildman–Crippen MR) is 126 cm³/mol. The molecule has 2 aromatic rings. The second-order valence-corrected chi connectivity index (χ2v) is 6.86. The number of guanidine groups is 1. The molecule has 1 amide bonds. The molecular formula is C20H26BrIN4O. The number of hydrogen-bond donors (Lipinski definition) is 2. The normalized spacial score (nSPS) is 10.7. The molecule has 0 radical (unpaired) electrons. The molecule has 0 aromatic heterocycles. The van der Waals surface area contributed by atoms with Crippen molar-refractivity contribution in [2.45, 2.75) is 20.0 Å². The molecule has 0 spiro atoms. The SMILES string of the molecule is CCNC(=O)c1ccc(CNC(=NC)N(C)Cc2ccc(Br)cc2)cc1.I. The van der Waals surface area contributed by atoms with Crippen molar-refractivity contribution in [1.29, 1.82) is 0 Å². The van der Waals surface area contributed by atoms with E-state index in [1.165, 1.54) is 5.56 Å². The number of hydrogen-bond acceptors (Lipinski definition) is 2. The molecule has 0 bridgehead atoms. The average molecular weight is 545 g/mol. The number of carbonyl (C=O) groups excluding carboxylic acids is 1. The van der Waals surface area contributed by atoms with Gasteiger partial charge in [0.25, 0.3) is 5.91 Å². The van der Waals surface area contributed by atoms with Gasteiger partial charge in [-0.3, -0.25) is 9.79 Å². The third kappa shape index (κ3) is 7.50. The first-order valence-electron chi connectivity index (χ1n) is 8.57. The highest BCUT2D eigenvalue weighted by Crippen LogP contribution is 2.12. The van der Waals surface area contributed by atoms with Gasteiger partial charge >= 0.3 is 0 Å². The highest BCUT2D eigenvalue weighted by Gasteiger charge is 2.08. The Labute approximate surface area is 186 Å². The zero-order valence-corrected chi connectivity index (χ0v) is 19.7. The molecule has 2 rings (SSSR count). The summed E-state index contributed by atoms with van der Waals surface area (Å²) in [4.78, 5) is 18.2. The molecule has 2 N–H and O–H groups in total. The molecule has 0 aliphatic rings. The van der Waals surface area contributed by atoms with Crippen LogP contribution in [-0.2, 0) is 13.1 Å². The molecule has 0 saturated carbocycles. The van der Waals surface area contributed by atoms with E-state index in [0.29, 0.717) is 18.7 Å². The summed E-state index contributed by atoms with van der Waals surface area (Å²) in [5.41, 5.74) is 2.98. The first-order chi connectivity index (χ1) is 12.5. The van der Waals surface area contributed by atoms with Gasteiger partial charge in [0, 0.05) is 43.8 Å². The van der Waals surface area contributed by atoms with Gasteiger partial charge in [0.2, 0.25) is 0 Å². The van der Waals surface area contributed by atoms with Gasteiger partial charge in [0.15, 0.2) is 5.96 Å². The van der Waals surface area contributed by atoms with E-state index < -0.39 is 0 Å². The van der Waals surface area contributed by atoms with Crippen molar-refractivity contribution < 1.29 is 4.79 Å². The fourth-order valence-electron chi connectivity index (χ4n) is 2.54. The van der Waals surface area contributed by atoms with Crippen molar-refractivity contribution in [3.63, 3.8) is 0 Å². The Kier molecular flexibility index (Phi) is 10.4. The van der Waals surface area contributed by atoms with Crippen LogP contribution >= 0.6 is 39.9 Å². The smallest absolute Gasteiger partial charge is 0.251 e. The Hall–Kier alpha value is -1.61. The van der Waals surface area contributed by atoms with Crippen molar-refractivity contribution >= 4 is 51.8 Å². The Morgan fingerprint density at radius 2 is 1.63 bits per heavy atom. The zero-order valence-electron chi connectivity index (χ0n) is 15.8. The van der Waals surface area contributed by atoms with E-state index in [9.17, 15) is 4.79 Å². The molecule has 5 nitrogen and oxygen atoms in total. The molecule has 0 unspecified atom stereocenters. The molecule has 0 saturated heterocycles. The first-order valence-corrected chi connectivity index (χ1v) is 9.36. The van der Waals surface area contributed by atoms with Crippen LogP contribution in [-0.4, -0.2) is 37.4 Å². The molecule has 7 heteroatoms. The van der Waals surface area contributed by atoms with Crippen LogP contribution in [0.1, 0.15) is 28.4 Å². The topological polar surface area (TPSA) is 56.7 Å². The summed E-state index contributed by atoms with van der Waals surface area (Å²) in [5.74, 6) is 0.776. The molecule has 27 heavy (non-hydrogen) atoms. The molecule has 0 fully saturated rings. The van der Waals surface area contributed by atoms with Gasteiger partial charge < -0.3 is 15.5 Å². The van der Waals surface area contributed by atoms with E-state index in [1.807, 2.05) is 50.4 Å². The monoisotopic (exact) mass is 544 g/mol. The van der Waals surface area contributed by atoms with Crippen molar-refractivity contribution in [3.8, 4) is 0 Å². The number of aliphatic imine (C=N–C) groups is 1. The fourth-order valence-corrected chi connectivity index (χ4v) is 2.81. The van der Waals surface area contributed by atoms with Gasteiger partial charge in [-0.1, -0.05) is 40.2 Å². The van der Waals surface area contributed by atoms with Crippen LogP contribution in [0.4, 0.5) is 0 Å². The lowest BCUT2D eigenvalue weighted by atomic mass is 10.1. The van der Waals surface area contributed by atoms with E-state index in [1.54, 1.807) is 7.05 Å². The first kappa shape index (κ1) is 23.4. The summed E-state index contributed by atoms with van der Waals surface area (Å²) in [5, 5.41) is 6.16. The maximum atomic E-state index is 11.8. The highest BCUT2D eigenvalue weighted by atomic mass is 127. The number of rotatable bonds is 6. The summed E-state index contributed by atoms with van der Waals surface area (Å²) in [6.07, 6.45) is 0. The third-order valence-corrected chi connectivity index (χ3v) is 4.44. The van der Waals surface area contributed by atoms with Crippen LogP contribution in [0.2, 0.25) is 0 Å². The lowest BCUT2D eigenvalue weighted by Crippen LogP contribution is -2.38. The van der Waals surface area contributed by atoms with Crippen LogP contribution in [0.5, 0.6) is 0 Å². The van der Waals surface area contributed by atoms with Gasteiger partial charge in [-0.05, 0) is 42.3 Å². The molecule has 0 aliphatic heterocycles. The van der Waals surface area contributed by atoms with E-state index in [4.69, 9.17) is 0 Å². The highest BCUT2D eigenvalue weighted by molar-refractivity contribution is 14.0. The Morgan fingerprint density at radius 3 is 2.19 bits per heavy atom. The van der Waals surface area contributed by atoms with E-state index in [0.717, 1.165) is 22.5 Å². The molecule has 2 aromatic carbocycles. The number of carbonyl (C=O) groups is 1. The van der Waals surface area contributed by atoms with Crippen molar-refractivity contribution in [2.24, 2.45) is 4.99 Å². The van der Waals surface area contributed by atoms with E-state index >= 15 is 0 Å². The largest absolute Gasteiger partial charge is 0.352 e. The van der Waals surface area contributed by atoms with Gasteiger partial charge in [-0.15, -0.1) is 24.0 Å². The minimum atomic E-state index is -0.0444. The van der Waals surface area contributed by atoms with Gasteiger partial charge in [-0.2, -0.15) is 0 Å². The van der Waals surface area contributed by atoms with Crippen LogP contribution in [0, 0.1) is 0 Å². The maximum Gasteiger partial charge on any atom is 0.251 e. The lowest BCUT2D eigenvalue weighted by molar-refractivity contribution is 0.0956. The van der Waals surface area contributed by atoms with Crippen molar-refractivity contribution in [3.05, 3.63) is 69.7 Å². The lowest BCUT2D eigenvalue weighted by Gasteiger charge is -2.22. The minimum absolute atomic E-state index is 0. The summed E-state index contributed by atoms with van der Waals surface area (Å²) in [6, 6.07) is 15.9. The van der Waals surface area contributed by atoms with E-state index in [-0.39, 0.29) is 29.9 Å². The third-order valence-electron chi connectivity index (χ3n) is 3.91.